The summed E-state index contributed by atoms with van der Waals surface area (Å²) in [7, 11) is 0. The zero-order valence-corrected chi connectivity index (χ0v) is 8.10. The summed E-state index contributed by atoms with van der Waals surface area (Å²) < 4.78 is 31.7. The van der Waals surface area contributed by atoms with Crippen molar-refractivity contribution in [3.05, 3.63) is 0 Å². The first-order valence-electron chi connectivity index (χ1n) is 4.29. The summed E-state index contributed by atoms with van der Waals surface area (Å²) in [5.74, 6) is -2.48. The molecule has 0 aromatic rings. The molecule has 0 unspecified atom stereocenters. The van der Waals surface area contributed by atoms with E-state index in [1.165, 1.54) is 0 Å². The van der Waals surface area contributed by atoms with E-state index in [9.17, 15) is 18.0 Å². The quantitative estimate of drug-likeness (QED) is 0.700. The molecule has 1 heterocycles. The third-order valence-electron chi connectivity index (χ3n) is 1.79. The molecule has 1 aliphatic rings. The van der Waals surface area contributed by atoms with Gasteiger partial charge < -0.3 is 10.4 Å². The minimum atomic E-state index is -5.08. The zero-order valence-electron chi connectivity index (χ0n) is 8.10. The Kier molecular flexibility index (Phi) is 5.27. The van der Waals surface area contributed by atoms with Crippen LogP contribution < -0.4 is 5.32 Å². The average molecular weight is 227 g/mol. The fourth-order valence-electron chi connectivity index (χ4n) is 1.03. The summed E-state index contributed by atoms with van der Waals surface area (Å²) >= 11 is 0. The first-order chi connectivity index (χ1) is 6.75. The molecule has 2 N–H and O–H groups in total. The average Bonchev–Trinajstić information content (AvgIpc) is 2.54. The Morgan fingerprint density at radius 3 is 2.00 bits per heavy atom. The minimum absolute atomic E-state index is 0.176. The molecule has 4 nitrogen and oxygen atoms in total. The molecule has 1 atom stereocenters. The van der Waals surface area contributed by atoms with Crippen molar-refractivity contribution in [2.24, 2.45) is 0 Å². The number of halogens is 3. The number of rotatable bonds is 1. The molecule has 7 heteroatoms. The van der Waals surface area contributed by atoms with E-state index in [1.54, 1.807) is 6.92 Å². The van der Waals surface area contributed by atoms with Gasteiger partial charge in [0.2, 0.25) is 0 Å². The second-order valence-electron chi connectivity index (χ2n) is 3.06. The number of Topliss-reactive ketones (excluding diaryl/α,β-unsaturated/α-hetero) is 1. The van der Waals surface area contributed by atoms with E-state index in [4.69, 9.17) is 9.90 Å². The monoisotopic (exact) mass is 227 g/mol. The largest absolute Gasteiger partial charge is 0.490 e. The maximum absolute atomic E-state index is 10.6. The lowest BCUT2D eigenvalue weighted by Crippen LogP contribution is -2.28. The molecule has 0 aromatic carbocycles. The van der Waals surface area contributed by atoms with Crippen LogP contribution >= 0.6 is 0 Å². The normalized spacial score (nSPS) is 20.4. The summed E-state index contributed by atoms with van der Waals surface area (Å²) in [5.41, 5.74) is 0. The second-order valence-corrected chi connectivity index (χ2v) is 3.06. The van der Waals surface area contributed by atoms with Crippen LogP contribution in [0.25, 0.3) is 0 Å². The number of carbonyl (C=O) groups is 2. The van der Waals surface area contributed by atoms with E-state index in [0.29, 0.717) is 0 Å². The third-order valence-corrected chi connectivity index (χ3v) is 1.79. The molecule has 0 radical (unpaired) electrons. The van der Waals surface area contributed by atoms with Gasteiger partial charge in [0.05, 0.1) is 6.04 Å². The van der Waals surface area contributed by atoms with Crippen molar-refractivity contribution in [1.29, 1.82) is 0 Å². The Bertz CT molecular complexity index is 234. The van der Waals surface area contributed by atoms with Crippen molar-refractivity contribution >= 4 is 11.8 Å². The molecule has 0 amide bonds. The van der Waals surface area contributed by atoms with Crippen molar-refractivity contribution in [3.63, 3.8) is 0 Å². The lowest BCUT2D eigenvalue weighted by Gasteiger charge is -2.01. The van der Waals surface area contributed by atoms with Crippen molar-refractivity contribution in [3.8, 4) is 0 Å². The third kappa shape index (κ3) is 6.05. The van der Waals surface area contributed by atoms with Gasteiger partial charge in [0.15, 0.2) is 0 Å². The standard InChI is InChI=1S/C6H11NO.C2HF3O2/c1-5(8)6-3-2-4-7-6;3-2(4,5)1(6)7/h6-7H,2-4H2,1H3;(H,6,7)/t6-;/m0./s1. The van der Waals surface area contributed by atoms with Gasteiger partial charge in [-0.15, -0.1) is 0 Å². The fraction of sp³-hybridized carbons (Fsp3) is 0.750. The van der Waals surface area contributed by atoms with Crippen molar-refractivity contribution in [1.82, 2.24) is 5.32 Å². The Hall–Kier alpha value is -1.11. The number of alkyl halides is 3. The molecule has 88 valence electrons. The fourth-order valence-corrected chi connectivity index (χ4v) is 1.03. The Labute approximate surface area is 84.5 Å². The highest BCUT2D eigenvalue weighted by Gasteiger charge is 2.38. The molecule has 1 saturated heterocycles. The van der Waals surface area contributed by atoms with Crippen LogP contribution in [-0.4, -0.2) is 35.6 Å². The maximum atomic E-state index is 10.6. The van der Waals surface area contributed by atoms with E-state index in [1.807, 2.05) is 0 Å². The molecule has 0 aliphatic carbocycles. The highest BCUT2D eigenvalue weighted by atomic mass is 19.4. The topological polar surface area (TPSA) is 66.4 Å². The Balaban J connectivity index is 0.000000265. The first kappa shape index (κ1) is 13.9. The lowest BCUT2D eigenvalue weighted by atomic mass is 10.2. The summed E-state index contributed by atoms with van der Waals surface area (Å²) in [6.07, 6.45) is -2.89. The Morgan fingerprint density at radius 2 is 1.87 bits per heavy atom. The predicted octanol–water partition coefficient (Wildman–Crippen LogP) is 0.961. The second kappa shape index (κ2) is 5.69. The van der Waals surface area contributed by atoms with E-state index < -0.39 is 12.1 Å². The molecule has 1 rings (SSSR count). The number of carbonyl (C=O) groups excluding carboxylic acids is 1. The molecule has 1 aliphatic heterocycles. The molecule has 15 heavy (non-hydrogen) atoms. The summed E-state index contributed by atoms with van der Waals surface area (Å²) in [4.78, 5) is 19.5. The highest BCUT2D eigenvalue weighted by molar-refractivity contribution is 5.81. The van der Waals surface area contributed by atoms with Crippen LogP contribution in [0, 0.1) is 0 Å². The molecular weight excluding hydrogens is 215 g/mol. The van der Waals surface area contributed by atoms with E-state index in [2.05, 4.69) is 5.32 Å². The van der Waals surface area contributed by atoms with Crippen molar-refractivity contribution < 1.29 is 27.9 Å². The van der Waals surface area contributed by atoms with Gasteiger partial charge in [0.25, 0.3) is 0 Å². The van der Waals surface area contributed by atoms with Crippen LogP contribution in [0.5, 0.6) is 0 Å². The van der Waals surface area contributed by atoms with Crippen LogP contribution in [0.4, 0.5) is 13.2 Å². The minimum Gasteiger partial charge on any atom is -0.475 e. The van der Waals surface area contributed by atoms with Gasteiger partial charge in [-0.1, -0.05) is 0 Å². The van der Waals surface area contributed by atoms with Gasteiger partial charge in [-0.2, -0.15) is 13.2 Å². The zero-order chi connectivity index (χ0) is 12.1. The molecule has 0 spiro atoms. The van der Waals surface area contributed by atoms with Crippen molar-refractivity contribution in [2.45, 2.75) is 32.0 Å². The SMILES string of the molecule is CC(=O)[C@@H]1CCCN1.O=C(O)C(F)(F)F. The van der Waals surface area contributed by atoms with Gasteiger partial charge in [0.1, 0.15) is 5.78 Å². The van der Waals surface area contributed by atoms with Gasteiger partial charge in [-0.3, -0.25) is 4.79 Å². The molecule has 1 fully saturated rings. The molecule has 0 aromatic heterocycles. The first-order valence-corrected chi connectivity index (χ1v) is 4.29. The van der Waals surface area contributed by atoms with E-state index in [0.717, 1.165) is 19.4 Å². The van der Waals surface area contributed by atoms with E-state index >= 15 is 0 Å². The Morgan fingerprint density at radius 1 is 1.40 bits per heavy atom. The number of ketones is 1. The van der Waals surface area contributed by atoms with Gasteiger partial charge in [-0.25, -0.2) is 4.79 Å². The maximum Gasteiger partial charge on any atom is 0.490 e. The number of aliphatic carboxylic acids is 1. The van der Waals surface area contributed by atoms with Gasteiger partial charge in [0, 0.05) is 0 Å². The summed E-state index contributed by atoms with van der Waals surface area (Å²) in [6.45, 7) is 2.66. The highest BCUT2D eigenvalue weighted by Crippen LogP contribution is 2.13. The van der Waals surface area contributed by atoms with Crippen molar-refractivity contribution in [2.75, 3.05) is 6.54 Å². The lowest BCUT2D eigenvalue weighted by molar-refractivity contribution is -0.192. The van der Waals surface area contributed by atoms with Crippen LogP contribution in [0.1, 0.15) is 19.8 Å². The van der Waals surface area contributed by atoms with Crippen LogP contribution in [-0.2, 0) is 9.59 Å². The number of carboxylic acid groups (broad SMARTS) is 1. The van der Waals surface area contributed by atoms with Gasteiger partial charge >= 0.3 is 12.1 Å². The smallest absolute Gasteiger partial charge is 0.475 e. The number of nitrogens with one attached hydrogen (secondary N) is 1. The molecule has 0 saturated carbocycles. The van der Waals surface area contributed by atoms with Crippen LogP contribution in [0.2, 0.25) is 0 Å². The van der Waals surface area contributed by atoms with Gasteiger partial charge in [-0.05, 0) is 26.3 Å². The summed E-state index contributed by atoms with van der Waals surface area (Å²) in [6, 6.07) is 0.176. The number of hydrogen-bond acceptors (Lipinski definition) is 3. The van der Waals surface area contributed by atoms with E-state index in [-0.39, 0.29) is 11.8 Å². The van der Waals surface area contributed by atoms with Crippen LogP contribution in [0.15, 0.2) is 0 Å². The molecule has 0 bridgehead atoms. The number of hydrogen-bond donors (Lipinski definition) is 2. The summed E-state index contributed by atoms with van der Waals surface area (Å²) in [5, 5.41) is 10.2. The van der Waals surface area contributed by atoms with Crippen LogP contribution in [0.3, 0.4) is 0 Å². The molecular formula is C8H12F3NO3. The predicted molar refractivity (Wildman–Crippen MR) is 45.4 cm³/mol. The number of carboxylic acids is 1.